The number of carbonyl (C=O) groups is 3. The Morgan fingerprint density at radius 3 is 2.51 bits per heavy atom. The molecule has 0 spiro atoms. The number of benzene rings is 3. The molecule has 13 nitrogen and oxygen atoms in total. The minimum atomic E-state index is -2.02. The molecule has 0 aromatic heterocycles. The molecule has 3 amide bonds. The number of aliphatic hydroxyl groups excluding tert-OH is 5. The standard InChI is InChI=1S/C37H40ClN3O10/c1-20(6-4-11-29(43)40-18-23-9-3-2-8-22(23)15-26(40)19-42)37(50)27-16-24(38)12-13-28(27)41(36(37)49)17-21-7-5-10-25(14-21)39-34(47)33-31(45)30(44)32(46)35(48)51-33/h2-10,12-14,16,20,26,30-33,35,42,44-46,48,50H,11,15,17-19H2,1H3,(H,39,47)/b6-4+/t20-,26-,30-,31-,32+,33-,35+,37+/m0/s1. The molecule has 14 heteroatoms. The summed E-state index contributed by atoms with van der Waals surface area (Å²) >= 11 is 6.33. The zero-order valence-corrected chi connectivity index (χ0v) is 28.4. The summed E-state index contributed by atoms with van der Waals surface area (Å²) in [4.78, 5) is 43.3. The molecular weight excluding hydrogens is 682 g/mol. The molecule has 0 saturated carbocycles. The number of fused-ring (bicyclic) bond motifs is 2. The average molecular weight is 722 g/mol. The summed E-state index contributed by atoms with van der Waals surface area (Å²) in [5.41, 5.74) is 1.63. The van der Waals surface area contributed by atoms with Crippen LogP contribution in [0.3, 0.4) is 0 Å². The Morgan fingerprint density at radius 1 is 1.02 bits per heavy atom. The lowest BCUT2D eigenvalue weighted by molar-refractivity contribution is -0.274. The van der Waals surface area contributed by atoms with E-state index in [4.69, 9.17) is 16.3 Å². The molecule has 1 saturated heterocycles. The van der Waals surface area contributed by atoms with Crippen molar-refractivity contribution in [2.24, 2.45) is 5.92 Å². The molecule has 3 aliphatic heterocycles. The number of amides is 3. The quantitative estimate of drug-likeness (QED) is 0.158. The van der Waals surface area contributed by atoms with E-state index < -0.39 is 54.0 Å². The van der Waals surface area contributed by atoms with E-state index in [1.165, 1.54) is 11.0 Å². The fraction of sp³-hybridized carbons (Fsp3) is 0.378. The predicted octanol–water partition coefficient (Wildman–Crippen LogP) is 1.34. The smallest absolute Gasteiger partial charge is 0.264 e. The first kappa shape index (κ1) is 36.6. The third-order valence-corrected chi connectivity index (χ3v) is 10.1. The lowest BCUT2D eigenvalue weighted by Gasteiger charge is -2.37. The van der Waals surface area contributed by atoms with Crippen LogP contribution < -0.4 is 10.2 Å². The third-order valence-electron chi connectivity index (χ3n) is 9.88. The third kappa shape index (κ3) is 7.04. The van der Waals surface area contributed by atoms with Gasteiger partial charge in [-0.05, 0) is 53.4 Å². The second kappa shape index (κ2) is 14.8. The van der Waals surface area contributed by atoms with Crippen LogP contribution in [0.4, 0.5) is 11.4 Å². The van der Waals surface area contributed by atoms with Gasteiger partial charge < -0.3 is 50.5 Å². The topological polar surface area (TPSA) is 200 Å². The van der Waals surface area contributed by atoms with Gasteiger partial charge in [0.05, 0.1) is 24.9 Å². The van der Waals surface area contributed by atoms with Crippen molar-refractivity contribution >= 4 is 40.7 Å². The maximum absolute atomic E-state index is 14.1. The lowest BCUT2D eigenvalue weighted by Crippen LogP contribution is -2.60. The van der Waals surface area contributed by atoms with Crippen LogP contribution in [0.2, 0.25) is 5.02 Å². The van der Waals surface area contributed by atoms with Crippen molar-refractivity contribution in [2.75, 3.05) is 16.8 Å². The van der Waals surface area contributed by atoms with Crippen LogP contribution in [0.15, 0.2) is 78.9 Å². The van der Waals surface area contributed by atoms with Crippen LogP contribution in [0, 0.1) is 5.92 Å². The SMILES string of the molecule is C[C@@H](/C=C/CC(=O)N1Cc2ccccc2C[C@H]1CO)[C@]1(O)C(=O)N(Cc2cccc(NC(=O)[C@H]3O[C@@H](O)[C@H](O)[C@@H](O)[C@@H]3O)c2)c2ccc(Cl)cc21. The van der Waals surface area contributed by atoms with Gasteiger partial charge in [0.2, 0.25) is 5.91 Å². The molecule has 3 aliphatic rings. The maximum Gasteiger partial charge on any atom is 0.264 e. The highest BCUT2D eigenvalue weighted by atomic mass is 35.5. The maximum atomic E-state index is 14.1. The molecule has 6 rings (SSSR count). The predicted molar refractivity (Wildman–Crippen MR) is 185 cm³/mol. The van der Waals surface area contributed by atoms with Gasteiger partial charge in [-0.3, -0.25) is 14.4 Å². The van der Waals surface area contributed by atoms with Gasteiger partial charge in [-0.25, -0.2) is 0 Å². The molecule has 8 atom stereocenters. The fourth-order valence-corrected chi connectivity index (χ4v) is 7.14. The number of aliphatic hydroxyl groups is 6. The molecule has 51 heavy (non-hydrogen) atoms. The van der Waals surface area contributed by atoms with Crippen molar-refractivity contribution in [3.05, 3.63) is 106 Å². The first-order valence-corrected chi connectivity index (χ1v) is 17.0. The van der Waals surface area contributed by atoms with Gasteiger partial charge in [-0.2, -0.15) is 0 Å². The first-order valence-electron chi connectivity index (χ1n) is 16.6. The van der Waals surface area contributed by atoms with Gasteiger partial charge in [-0.15, -0.1) is 0 Å². The summed E-state index contributed by atoms with van der Waals surface area (Å²) < 4.78 is 5.01. The Kier molecular flexibility index (Phi) is 10.6. The summed E-state index contributed by atoms with van der Waals surface area (Å²) in [5, 5.41) is 64.7. The van der Waals surface area contributed by atoms with Gasteiger partial charge >= 0.3 is 0 Å². The normalized spacial score (nSPS) is 28.0. The Labute approximate surface area is 299 Å². The zero-order chi connectivity index (χ0) is 36.6. The fourth-order valence-electron chi connectivity index (χ4n) is 6.97. The number of ether oxygens (including phenoxy) is 1. The Hall–Kier alpha value is -4.18. The summed E-state index contributed by atoms with van der Waals surface area (Å²) in [6.45, 7) is 1.87. The molecule has 3 aromatic rings. The Bertz CT molecular complexity index is 1840. The van der Waals surface area contributed by atoms with Crippen molar-refractivity contribution in [1.29, 1.82) is 0 Å². The van der Waals surface area contributed by atoms with Crippen LogP contribution in [-0.2, 0) is 44.2 Å². The molecule has 0 bridgehead atoms. The van der Waals surface area contributed by atoms with Gasteiger partial charge in [-0.1, -0.05) is 67.1 Å². The van der Waals surface area contributed by atoms with Crippen LogP contribution in [-0.4, -0.2) is 96.6 Å². The largest absolute Gasteiger partial charge is 0.394 e. The summed E-state index contributed by atoms with van der Waals surface area (Å²) in [6, 6.07) is 18.7. The molecule has 1 fully saturated rings. The monoisotopic (exact) mass is 721 g/mol. The lowest BCUT2D eigenvalue weighted by atomic mass is 9.83. The number of nitrogens with one attached hydrogen (secondary N) is 1. The van der Waals surface area contributed by atoms with Gasteiger partial charge in [0.15, 0.2) is 18.0 Å². The molecule has 0 unspecified atom stereocenters. The van der Waals surface area contributed by atoms with E-state index in [9.17, 15) is 45.0 Å². The van der Waals surface area contributed by atoms with Crippen molar-refractivity contribution in [2.45, 2.75) is 75.2 Å². The molecule has 0 aliphatic carbocycles. The van der Waals surface area contributed by atoms with Crippen LogP contribution in [0.5, 0.6) is 0 Å². The minimum absolute atomic E-state index is 0.000660. The van der Waals surface area contributed by atoms with Gasteiger partial charge in [0, 0.05) is 35.2 Å². The number of rotatable bonds is 9. The number of halogens is 1. The van der Waals surface area contributed by atoms with E-state index in [0.29, 0.717) is 34.8 Å². The molecule has 3 aromatic carbocycles. The van der Waals surface area contributed by atoms with Crippen molar-refractivity contribution < 1.29 is 49.8 Å². The van der Waals surface area contributed by atoms with Gasteiger partial charge in [0.1, 0.15) is 18.3 Å². The Balaban J connectivity index is 1.16. The van der Waals surface area contributed by atoms with Gasteiger partial charge in [0.25, 0.3) is 11.8 Å². The molecular formula is C37H40ClN3O10. The second-order valence-electron chi connectivity index (χ2n) is 13.2. The molecule has 270 valence electrons. The first-order chi connectivity index (χ1) is 24.3. The average Bonchev–Trinajstić information content (AvgIpc) is 3.33. The zero-order valence-electron chi connectivity index (χ0n) is 27.7. The van der Waals surface area contributed by atoms with E-state index in [1.807, 2.05) is 24.3 Å². The number of carbonyl (C=O) groups excluding carboxylic acids is 3. The van der Waals surface area contributed by atoms with Crippen LogP contribution in [0.1, 0.15) is 35.6 Å². The second-order valence-corrected chi connectivity index (χ2v) is 13.6. The molecule has 3 heterocycles. The van der Waals surface area contributed by atoms with E-state index >= 15 is 0 Å². The Morgan fingerprint density at radius 2 is 1.76 bits per heavy atom. The number of anilines is 2. The van der Waals surface area contributed by atoms with E-state index in [1.54, 1.807) is 60.4 Å². The number of hydrogen-bond acceptors (Lipinski definition) is 10. The van der Waals surface area contributed by atoms with E-state index in [-0.39, 0.29) is 37.2 Å². The number of hydrogen-bond donors (Lipinski definition) is 7. The minimum Gasteiger partial charge on any atom is -0.394 e. The summed E-state index contributed by atoms with van der Waals surface area (Å²) in [7, 11) is 0. The highest BCUT2D eigenvalue weighted by molar-refractivity contribution is 6.31. The molecule has 0 radical (unpaired) electrons. The molecule has 7 N–H and O–H groups in total. The van der Waals surface area contributed by atoms with E-state index in [2.05, 4.69) is 5.32 Å². The van der Waals surface area contributed by atoms with Crippen molar-refractivity contribution in [1.82, 2.24) is 4.90 Å². The number of nitrogens with zero attached hydrogens (tertiary/aromatic N) is 2. The summed E-state index contributed by atoms with van der Waals surface area (Å²) in [5.74, 6) is -2.48. The summed E-state index contributed by atoms with van der Waals surface area (Å²) in [6.07, 6.45) is -5.17. The van der Waals surface area contributed by atoms with Crippen molar-refractivity contribution in [3.63, 3.8) is 0 Å². The van der Waals surface area contributed by atoms with Crippen LogP contribution >= 0.6 is 11.6 Å². The highest BCUT2D eigenvalue weighted by Gasteiger charge is 2.52. The van der Waals surface area contributed by atoms with Crippen molar-refractivity contribution in [3.8, 4) is 0 Å². The highest BCUT2D eigenvalue weighted by Crippen LogP contribution is 2.47. The van der Waals surface area contributed by atoms with E-state index in [0.717, 1.165) is 11.1 Å². The van der Waals surface area contributed by atoms with Crippen LogP contribution in [0.25, 0.3) is 0 Å².